The Morgan fingerprint density at radius 3 is 2.54 bits per heavy atom. The van der Waals surface area contributed by atoms with Crippen LogP contribution in [0.1, 0.15) is 17.2 Å². The van der Waals surface area contributed by atoms with E-state index >= 15 is 0 Å². The number of aromatic nitrogens is 2. The van der Waals surface area contributed by atoms with Gasteiger partial charge in [0.25, 0.3) is 5.56 Å². The second kappa shape index (κ2) is 8.49. The number of thiazole rings is 1. The van der Waals surface area contributed by atoms with Crippen molar-refractivity contribution in [1.82, 2.24) is 14.3 Å². The Bertz CT molecular complexity index is 1060. The van der Waals surface area contributed by atoms with Crippen LogP contribution in [-0.4, -0.2) is 25.9 Å². The molecule has 0 aliphatic carbocycles. The standard InChI is InChI=1S/C19H17N3O4S2/c23-17-9-14(20-19-22(17)5-8-28-19)12-27-13-18(24)21(10-15-3-1-6-25-15)11-16-4-2-7-26-16/h1-9H,10-13H2. The van der Waals surface area contributed by atoms with Crippen LogP contribution < -0.4 is 5.56 Å². The lowest BCUT2D eigenvalue weighted by Crippen LogP contribution is -2.31. The van der Waals surface area contributed by atoms with Gasteiger partial charge >= 0.3 is 0 Å². The fourth-order valence-corrected chi connectivity index (χ4v) is 4.26. The lowest BCUT2D eigenvalue weighted by molar-refractivity contribution is -0.130. The molecule has 4 heterocycles. The van der Waals surface area contributed by atoms with E-state index in [2.05, 4.69) is 4.98 Å². The van der Waals surface area contributed by atoms with Gasteiger partial charge in [-0.05, 0) is 24.3 Å². The number of carbonyl (C=O) groups is 1. The van der Waals surface area contributed by atoms with Gasteiger partial charge in [-0.15, -0.1) is 23.1 Å². The SMILES string of the molecule is O=C(CSCc1cc(=O)n2ccsc2n1)N(Cc1ccco1)Cc1ccco1. The number of hydrogen-bond donors (Lipinski definition) is 0. The monoisotopic (exact) mass is 415 g/mol. The summed E-state index contributed by atoms with van der Waals surface area (Å²) in [6.45, 7) is 0.738. The summed E-state index contributed by atoms with van der Waals surface area (Å²) in [4.78, 5) is 31.6. The van der Waals surface area contributed by atoms with Crippen LogP contribution in [-0.2, 0) is 23.6 Å². The summed E-state index contributed by atoms with van der Waals surface area (Å²) >= 11 is 2.84. The third kappa shape index (κ3) is 4.37. The molecule has 4 aromatic heterocycles. The van der Waals surface area contributed by atoms with Crippen molar-refractivity contribution in [2.24, 2.45) is 0 Å². The van der Waals surface area contributed by atoms with Gasteiger partial charge in [0.15, 0.2) is 4.96 Å². The topological polar surface area (TPSA) is 81.0 Å². The normalized spacial score (nSPS) is 11.1. The molecule has 0 saturated carbocycles. The van der Waals surface area contributed by atoms with Gasteiger partial charge in [0.1, 0.15) is 11.5 Å². The number of carbonyl (C=O) groups excluding carboxylic acids is 1. The van der Waals surface area contributed by atoms with Crippen LogP contribution in [0.15, 0.2) is 68.1 Å². The van der Waals surface area contributed by atoms with Crippen molar-refractivity contribution in [2.45, 2.75) is 18.8 Å². The first-order valence-corrected chi connectivity index (χ1v) is 10.6. The smallest absolute Gasteiger partial charge is 0.258 e. The first-order chi connectivity index (χ1) is 13.7. The highest BCUT2D eigenvalue weighted by Crippen LogP contribution is 2.16. The van der Waals surface area contributed by atoms with Crippen LogP contribution in [0, 0.1) is 0 Å². The molecule has 9 heteroatoms. The van der Waals surface area contributed by atoms with E-state index in [4.69, 9.17) is 8.83 Å². The summed E-state index contributed by atoms with van der Waals surface area (Å²) in [5, 5.41) is 1.82. The molecule has 0 aliphatic rings. The molecule has 0 bridgehead atoms. The zero-order chi connectivity index (χ0) is 19.3. The van der Waals surface area contributed by atoms with E-state index in [0.717, 1.165) is 0 Å². The minimum absolute atomic E-state index is 0.0354. The number of hydrogen-bond acceptors (Lipinski definition) is 7. The van der Waals surface area contributed by atoms with Gasteiger partial charge in [-0.1, -0.05) is 0 Å². The maximum Gasteiger partial charge on any atom is 0.258 e. The Balaban J connectivity index is 1.39. The minimum Gasteiger partial charge on any atom is -0.467 e. The van der Waals surface area contributed by atoms with Crippen molar-refractivity contribution in [3.63, 3.8) is 0 Å². The largest absolute Gasteiger partial charge is 0.467 e. The molecule has 0 fully saturated rings. The molecule has 0 saturated heterocycles. The van der Waals surface area contributed by atoms with Crippen LogP contribution in [0.3, 0.4) is 0 Å². The first-order valence-electron chi connectivity index (χ1n) is 8.55. The molecule has 0 radical (unpaired) electrons. The van der Waals surface area contributed by atoms with Gasteiger partial charge in [-0.2, -0.15) is 0 Å². The lowest BCUT2D eigenvalue weighted by Gasteiger charge is -2.20. The fraction of sp³-hybridized carbons (Fsp3) is 0.211. The Kier molecular flexibility index (Phi) is 5.63. The van der Waals surface area contributed by atoms with Crippen LogP contribution in [0.4, 0.5) is 0 Å². The maximum atomic E-state index is 12.8. The molecule has 4 aromatic rings. The summed E-state index contributed by atoms with van der Waals surface area (Å²) in [5.41, 5.74) is 0.569. The van der Waals surface area contributed by atoms with Gasteiger partial charge in [0.2, 0.25) is 5.91 Å². The highest BCUT2D eigenvalue weighted by Gasteiger charge is 2.17. The number of fused-ring (bicyclic) bond motifs is 1. The van der Waals surface area contributed by atoms with Crippen molar-refractivity contribution in [3.05, 3.63) is 82.0 Å². The molecule has 0 atom stereocenters. The average molecular weight is 415 g/mol. The highest BCUT2D eigenvalue weighted by atomic mass is 32.2. The number of nitrogens with zero attached hydrogens (tertiary/aromatic N) is 3. The first kappa shape index (κ1) is 18.6. The van der Waals surface area contributed by atoms with Crippen molar-refractivity contribution >= 4 is 34.0 Å². The molecule has 0 N–H and O–H groups in total. The third-order valence-electron chi connectivity index (χ3n) is 4.04. The Labute approximate surface area is 168 Å². The van der Waals surface area contributed by atoms with E-state index in [1.54, 1.807) is 35.8 Å². The zero-order valence-corrected chi connectivity index (χ0v) is 16.4. The van der Waals surface area contributed by atoms with Gasteiger partial charge < -0.3 is 13.7 Å². The maximum absolute atomic E-state index is 12.8. The lowest BCUT2D eigenvalue weighted by atomic mass is 10.3. The predicted molar refractivity (Wildman–Crippen MR) is 107 cm³/mol. The number of furan rings is 2. The van der Waals surface area contributed by atoms with E-state index in [9.17, 15) is 9.59 Å². The Morgan fingerprint density at radius 1 is 1.18 bits per heavy atom. The van der Waals surface area contributed by atoms with Crippen molar-refractivity contribution < 1.29 is 13.6 Å². The molecule has 0 aliphatic heterocycles. The van der Waals surface area contributed by atoms with Crippen molar-refractivity contribution in [3.8, 4) is 0 Å². The zero-order valence-electron chi connectivity index (χ0n) is 14.8. The number of rotatable bonds is 8. The molecule has 0 aromatic carbocycles. The summed E-state index contributed by atoms with van der Waals surface area (Å²) in [6, 6.07) is 8.78. The van der Waals surface area contributed by atoms with E-state index in [0.29, 0.717) is 41.0 Å². The molecule has 7 nitrogen and oxygen atoms in total. The van der Waals surface area contributed by atoms with Crippen LogP contribution >= 0.6 is 23.1 Å². The molecule has 144 valence electrons. The molecule has 4 rings (SSSR count). The minimum atomic E-state index is -0.106. The quantitative estimate of drug-likeness (QED) is 0.439. The van der Waals surface area contributed by atoms with E-state index in [1.165, 1.54) is 33.6 Å². The van der Waals surface area contributed by atoms with Gasteiger partial charge in [-0.3, -0.25) is 14.0 Å². The third-order valence-corrected chi connectivity index (χ3v) is 5.75. The fourth-order valence-electron chi connectivity index (χ4n) is 2.71. The van der Waals surface area contributed by atoms with Crippen molar-refractivity contribution in [1.29, 1.82) is 0 Å². The summed E-state index contributed by atoms with van der Waals surface area (Å²) in [5.74, 6) is 2.15. The Hall–Kier alpha value is -2.78. The number of thioether (sulfide) groups is 1. The highest BCUT2D eigenvalue weighted by molar-refractivity contribution is 7.99. The summed E-state index contributed by atoms with van der Waals surface area (Å²) < 4.78 is 12.3. The second-order valence-electron chi connectivity index (χ2n) is 6.04. The van der Waals surface area contributed by atoms with E-state index in [1.807, 2.05) is 17.5 Å². The van der Waals surface area contributed by atoms with E-state index < -0.39 is 0 Å². The van der Waals surface area contributed by atoms with Gasteiger partial charge in [-0.25, -0.2) is 4.98 Å². The van der Waals surface area contributed by atoms with Crippen LogP contribution in [0.2, 0.25) is 0 Å². The molecular formula is C19H17N3O4S2. The predicted octanol–water partition coefficient (Wildman–Crippen LogP) is 3.40. The molecule has 0 unspecified atom stereocenters. The molecular weight excluding hydrogens is 398 g/mol. The van der Waals surface area contributed by atoms with Crippen LogP contribution in [0.25, 0.3) is 4.96 Å². The van der Waals surface area contributed by atoms with E-state index in [-0.39, 0.29) is 17.2 Å². The molecule has 28 heavy (non-hydrogen) atoms. The summed E-state index contributed by atoms with van der Waals surface area (Å²) in [6.07, 6.45) is 4.88. The second-order valence-corrected chi connectivity index (χ2v) is 7.90. The Morgan fingerprint density at radius 2 is 1.89 bits per heavy atom. The number of amides is 1. The molecule has 0 spiro atoms. The van der Waals surface area contributed by atoms with Gasteiger partial charge in [0, 0.05) is 23.4 Å². The van der Waals surface area contributed by atoms with Gasteiger partial charge in [0.05, 0.1) is 37.1 Å². The average Bonchev–Trinajstić information content (AvgIpc) is 3.44. The molecule has 1 amide bonds. The van der Waals surface area contributed by atoms with Crippen LogP contribution in [0.5, 0.6) is 0 Å². The summed E-state index contributed by atoms with van der Waals surface area (Å²) in [7, 11) is 0. The van der Waals surface area contributed by atoms with Crippen molar-refractivity contribution in [2.75, 3.05) is 5.75 Å².